The highest BCUT2D eigenvalue weighted by Crippen LogP contribution is 2.22. The molecule has 0 radical (unpaired) electrons. The van der Waals surface area contributed by atoms with Crippen molar-refractivity contribution >= 4 is 33.9 Å². The van der Waals surface area contributed by atoms with E-state index < -0.39 is 5.97 Å². The molecular weight excluding hydrogens is 378 g/mol. The normalized spacial score (nSPS) is 10.8. The first-order chi connectivity index (χ1) is 14.5. The standard InChI is InChI=1S/C25H21NO4/c1-17(20-11-10-19-7-3-4-8-21(19)16-20)14-24(28)26-23-15-18(6-5-13-27)9-12-22(23)25(29)30-2/h3-4,7-12,14-16,27H,13H2,1-2H3,(H,26,28). The predicted octanol–water partition coefficient (Wildman–Crippen LogP) is 4.01. The van der Waals surface area contributed by atoms with Crippen molar-refractivity contribution in [2.45, 2.75) is 6.92 Å². The van der Waals surface area contributed by atoms with Gasteiger partial charge in [0.1, 0.15) is 6.61 Å². The summed E-state index contributed by atoms with van der Waals surface area (Å²) in [4.78, 5) is 24.7. The summed E-state index contributed by atoms with van der Waals surface area (Å²) in [5.41, 5.74) is 2.78. The Kier molecular flexibility index (Phi) is 6.63. The van der Waals surface area contributed by atoms with E-state index in [1.165, 1.54) is 19.3 Å². The first-order valence-corrected chi connectivity index (χ1v) is 9.32. The van der Waals surface area contributed by atoms with Gasteiger partial charge in [-0.2, -0.15) is 0 Å². The Labute approximate surface area is 175 Å². The number of hydrogen-bond acceptors (Lipinski definition) is 4. The number of anilines is 1. The van der Waals surface area contributed by atoms with Gasteiger partial charge in [0.05, 0.1) is 18.4 Å². The van der Waals surface area contributed by atoms with Gasteiger partial charge in [-0.15, -0.1) is 0 Å². The number of benzene rings is 3. The van der Waals surface area contributed by atoms with Crippen molar-refractivity contribution in [2.24, 2.45) is 0 Å². The minimum absolute atomic E-state index is 0.220. The largest absolute Gasteiger partial charge is 0.465 e. The zero-order valence-corrected chi connectivity index (χ0v) is 16.7. The molecule has 3 aromatic carbocycles. The summed E-state index contributed by atoms with van der Waals surface area (Å²) in [6.07, 6.45) is 1.48. The summed E-state index contributed by atoms with van der Waals surface area (Å²) in [5.74, 6) is 4.35. The maximum atomic E-state index is 12.6. The second kappa shape index (κ2) is 9.55. The van der Waals surface area contributed by atoms with Crippen LogP contribution in [0.1, 0.15) is 28.4 Å². The van der Waals surface area contributed by atoms with E-state index in [0.29, 0.717) is 11.3 Å². The first kappa shape index (κ1) is 20.8. The van der Waals surface area contributed by atoms with E-state index in [9.17, 15) is 9.59 Å². The van der Waals surface area contributed by atoms with Gasteiger partial charge in [0.25, 0.3) is 0 Å². The zero-order valence-electron chi connectivity index (χ0n) is 16.7. The molecule has 5 nitrogen and oxygen atoms in total. The molecule has 0 atom stereocenters. The summed E-state index contributed by atoms with van der Waals surface area (Å²) in [5, 5.41) is 13.8. The highest BCUT2D eigenvalue weighted by molar-refractivity contribution is 6.08. The van der Waals surface area contributed by atoms with Gasteiger partial charge in [0.15, 0.2) is 0 Å². The minimum atomic E-state index is -0.567. The number of rotatable bonds is 4. The van der Waals surface area contributed by atoms with E-state index in [-0.39, 0.29) is 18.1 Å². The topological polar surface area (TPSA) is 75.6 Å². The fraction of sp³-hybridized carbons (Fsp3) is 0.120. The molecule has 3 rings (SSSR count). The van der Waals surface area contributed by atoms with E-state index in [2.05, 4.69) is 17.2 Å². The van der Waals surface area contributed by atoms with Crippen LogP contribution >= 0.6 is 0 Å². The van der Waals surface area contributed by atoms with Crippen LogP contribution in [0.5, 0.6) is 0 Å². The Morgan fingerprint density at radius 3 is 2.57 bits per heavy atom. The van der Waals surface area contributed by atoms with Crippen molar-refractivity contribution in [3.8, 4) is 11.8 Å². The van der Waals surface area contributed by atoms with Gasteiger partial charge in [0.2, 0.25) is 5.91 Å². The number of esters is 1. The SMILES string of the molecule is COC(=O)c1ccc(C#CCO)cc1NC(=O)C=C(C)c1ccc2ccccc2c1. The predicted molar refractivity (Wildman–Crippen MR) is 118 cm³/mol. The summed E-state index contributed by atoms with van der Waals surface area (Å²) >= 11 is 0. The average Bonchev–Trinajstić information content (AvgIpc) is 2.76. The van der Waals surface area contributed by atoms with Crippen LogP contribution < -0.4 is 5.32 Å². The lowest BCUT2D eigenvalue weighted by atomic mass is 10.0. The Balaban J connectivity index is 1.88. The molecule has 0 spiro atoms. The molecule has 0 bridgehead atoms. The van der Waals surface area contributed by atoms with Crippen LogP contribution in [0.3, 0.4) is 0 Å². The molecule has 0 fully saturated rings. The average molecular weight is 399 g/mol. The van der Waals surface area contributed by atoms with Crippen molar-refractivity contribution in [2.75, 3.05) is 19.0 Å². The molecule has 0 heterocycles. The molecule has 1 amide bonds. The van der Waals surface area contributed by atoms with Gasteiger partial charge in [-0.3, -0.25) is 4.79 Å². The Morgan fingerprint density at radius 1 is 1.07 bits per heavy atom. The van der Waals surface area contributed by atoms with Gasteiger partial charge < -0.3 is 15.2 Å². The first-order valence-electron chi connectivity index (χ1n) is 9.32. The molecular formula is C25H21NO4. The number of fused-ring (bicyclic) bond motifs is 1. The second-order valence-electron chi connectivity index (χ2n) is 6.59. The number of hydrogen-bond donors (Lipinski definition) is 2. The van der Waals surface area contributed by atoms with E-state index in [1.54, 1.807) is 12.1 Å². The van der Waals surface area contributed by atoms with Crippen LogP contribution in [-0.4, -0.2) is 30.7 Å². The van der Waals surface area contributed by atoms with Crippen LogP contribution in [-0.2, 0) is 9.53 Å². The highest BCUT2D eigenvalue weighted by Gasteiger charge is 2.14. The smallest absolute Gasteiger partial charge is 0.339 e. The molecule has 150 valence electrons. The highest BCUT2D eigenvalue weighted by atomic mass is 16.5. The number of aliphatic hydroxyl groups excluding tert-OH is 1. The van der Waals surface area contributed by atoms with Crippen LogP contribution in [0, 0.1) is 11.8 Å². The van der Waals surface area contributed by atoms with Crippen LogP contribution in [0.4, 0.5) is 5.69 Å². The van der Waals surface area contributed by atoms with E-state index in [0.717, 1.165) is 21.9 Å². The molecule has 0 aliphatic rings. The molecule has 5 heteroatoms. The van der Waals surface area contributed by atoms with Gasteiger partial charge >= 0.3 is 5.97 Å². The van der Waals surface area contributed by atoms with Crippen molar-refractivity contribution in [3.05, 3.63) is 83.4 Å². The van der Waals surface area contributed by atoms with Gasteiger partial charge in [0, 0.05) is 11.6 Å². The van der Waals surface area contributed by atoms with Gasteiger partial charge in [-0.25, -0.2) is 4.79 Å². The molecule has 0 aromatic heterocycles. The maximum Gasteiger partial charge on any atom is 0.339 e. The van der Waals surface area contributed by atoms with Crippen LogP contribution in [0.2, 0.25) is 0 Å². The number of aliphatic hydroxyl groups is 1. The van der Waals surface area contributed by atoms with E-state index in [1.807, 2.05) is 49.4 Å². The molecule has 2 N–H and O–H groups in total. The third kappa shape index (κ3) is 4.93. The van der Waals surface area contributed by atoms with Crippen molar-refractivity contribution in [1.29, 1.82) is 0 Å². The molecule has 3 aromatic rings. The Bertz CT molecular complexity index is 1200. The lowest BCUT2D eigenvalue weighted by Crippen LogP contribution is -2.13. The monoisotopic (exact) mass is 399 g/mol. The summed E-state index contributed by atoms with van der Waals surface area (Å²) < 4.78 is 4.79. The summed E-state index contributed by atoms with van der Waals surface area (Å²) in [6.45, 7) is 1.57. The number of amides is 1. The number of allylic oxidation sites excluding steroid dienone is 1. The molecule has 0 saturated carbocycles. The third-order valence-corrected chi connectivity index (χ3v) is 4.55. The zero-order chi connectivity index (χ0) is 21.5. The van der Waals surface area contributed by atoms with Crippen molar-refractivity contribution in [1.82, 2.24) is 0 Å². The van der Waals surface area contributed by atoms with Gasteiger partial charge in [-0.05, 0) is 53.1 Å². The third-order valence-electron chi connectivity index (χ3n) is 4.55. The lowest BCUT2D eigenvalue weighted by Gasteiger charge is -2.10. The number of nitrogens with one attached hydrogen (secondary N) is 1. The lowest BCUT2D eigenvalue weighted by molar-refractivity contribution is -0.111. The Hall–Kier alpha value is -3.88. The van der Waals surface area contributed by atoms with Crippen molar-refractivity contribution in [3.63, 3.8) is 0 Å². The molecule has 0 unspecified atom stereocenters. The Morgan fingerprint density at radius 2 is 1.83 bits per heavy atom. The number of methoxy groups -OCH3 is 1. The van der Waals surface area contributed by atoms with E-state index >= 15 is 0 Å². The summed E-state index contributed by atoms with van der Waals surface area (Å²) in [6, 6.07) is 18.7. The fourth-order valence-corrected chi connectivity index (χ4v) is 3.04. The molecule has 30 heavy (non-hydrogen) atoms. The van der Waals surface area contributed by atoms with E-state index in [4.69, 9.17) is 9.84 Å². The quantitative estimate of drug-likeness (QED) is 0.395. The van der Waals surface area contributed by atoms with Crippen molar-refractivity contribution < 1.29 is 19.4 Å². The summed E-state index contributed by atoms with van der Waals surface area (Å²) in [7, 11) is 1.27. The van der Waals surface area contributed by atoms with Crippen LogP contribution in [0.25, 0.3) is 16.3 Å². The second-order valence-corrected chi connectivity index (χ2v) is 6.59. The maximum absolute atomic E-state index is 12.6. The molecule has 0 aliphatic carbocycles. The number of carbonyl (C=O) groups excluding carboxylic acids is 2. The number of ether oxygens (including phenoxy) is 1. The minimum Gasteiger partial charge on any atom is -0.465 e. The van der Waals surface area contributed by atoms with Crippen LogP contribution in [0.15, 0.2) is 66.7 Å². The molecule has 0 saturated heterocycles. The van der Waals surface area contributed by atoms with Gasteiger partial charge in [-0.1, -0.05) is 48.2 Å². The number of carbonyl (C=O) groups is 2. The fourth-order valence-electron chi connectivity index (χ4n) is 3.04. The molecule has 0 aliphatic heterocycles.